The number of aromatic nitrogens is 4. The summed E-state index contributed by atoms with van der Waals surface area (Å²) in [7, 11) is 0. The summed E-state index contributed by atoms with van der Waals surface area (Å²) in [5.41, 5.74) is 14.9. The first kappa shape index (κ1) is 27.8. The van der Waals surface area contributed by atoms with Crippen LogP contribution in [0, 0.1) is 5.82 Å². The smallest absolute Gasteiger partial charge is 0.244 e. The summed E-state index contributed by atoms with van der Waals surface area (Å²) >= 11 is 12.4. The van der Waals surface area contributed by atoms with Gasteiger partial charge < -0.3 is 21.1 Å². The molecule has 0 radical (unpaired) electrons. The van der Waals surface area contributed by atoms with Crippen molar-refractivity contribution in [1.82, 2.24) is 24.6 Å². The molecule has 3 aromatic heterocycles. The number of rotatable bonds is 7. The van der Waals surface area contributed by atoms with Gasteiger partial charge in [0.1, 0.15) is 18.0 Å². The normalized spacial score (nSPS) is 15.6. The lowest BCUT2D eigenvalue weighted by Crippen LogP contribution is -2.43. The molecule has 0 saturated carbocycles. The Hall–Kier alpha value is -3.73. The SMILES string of the molecule is C[C@@H](Oc1cc(-c2cnn(C3CCN(C(=O)[C@@H](N)c4cccnc4)CC3)c2)cnc1N)c1c(Cl)ccc(F)c1Cl. The van der Waals surface area contributed by atoms with Gasteiger partial charge in [-0.15, -0.1) is 0 Å². The van der Waals surface area contributed by atoms with E-state index in [-0.39, 0.29) is 27.8 Å². The summed E-state index contributed by atoms with van der Waals surface area (Å²) in [5.74, 6) is -0.211. The van der Waals surface area contributed by atoms with Gasteiger partial charge in [-0.1, -0.05) is 29.3 Å². The molecule has 1 aromatic carbocycles. The van der Waals surface area contributed by atoms with Crippen molar-refractivity contribution in [2.45, 2.75) is 38.0 Å². The first-order chi connectivity index (χ1) is 19.2. The predicted molar refractivity (Wildman–Crippen MR) is 151 cm³/mol. The Morgan fingerprint density at radius 1 is 1.15 bits per heavy atom. The summed E-state index contributed by atoms with van der Waals surface area (Å²) in [6.45, 7) is 2.87. The standard InChI is InChI=1S/C28H28Cl2FN7O2/c1-16(24-21(29)4-5-22(31)25(24)30)40-23-11-18(13-35-27(23)33)19-14-36-38(15-19)20-6-9-37(10-7-20)28(39)26(32)17-3-2-8-34-12-17/h2-5,8,11-16,20,26H,6-7,9-10,32H2,1H3,(H2,33,35)/t16-,26+/m1/s1. The second-order valence-corrected chi connectivity index (χ2v) is 10.4. The maximum Gasteiger partial charge on any atom is 0.244 e. The van der Waals surface area contributed by atoms with Gasteiger partial charge in [0.2, 0.25) is 5.91 Å². The predicted octanol–water partition coefficient (Wildman–Crippen LogP) is 5.37. The van der Waals surface area contributed by atoms with Gasteiger partial charge in [0, 0.05) is 59.6 Å². The van der Waals surface area contributed by atoms with Crippen LogP contribution in [0.2, 0.25) is 10.0 Å². The Bertz CT molecular complexity index is 1510. The first-order valence-corrected chi connectivity index (χ1v) is 13.5. The van der Waals surface area contributed by atoms with Crippen molar-refractivity contribution < 1.29 is 13.9 Å². The zero-order chi connectivity index (χ0) is 28.4. The lowest BCUT2D eigenvalue weighted by Gasteiger charge is -2.33. The van der Waals surface area contributed by atoms with Crippen LogP contribution in [0.1, 0.15) is 49.1 Å². The van der Waals surface area contributed by atoms with E-state index in [9.17, 15) is 9.18 Å². The van der Waals surface area contributed by atoms with Crippen molar-refractivity contribution in [2.75, 3.05) is 18.8 Å². The highest BCUT2D eigenvalue weighted by Crippen LogP contribution is 2.37. The minimum Gasteiger partial charge on any atom is -0.482 e. The fraction of sp³-hybridized carbons (Fsp3) is 0.286. The van der Waals surface area contributed by atoms with Crippen LogP contribution in [0.25, 0.3) is 11.1 Å². The monoisotopic (exact) mass is 583 g/mol. The summed E-state index contributed by atoms with van der Waals surface area (Å²) in [5, 5.41) is 4.75. The van der Waals surface area contributed by atoms with E-state index < -0.39 is 18.0 Å². The van der Waals surface area contributed by atoms with Gasteiger partial charge in [-0.2, -0.15) is 5.10 Å². The van der Waals surface area contributed by atoms with Crippen LogP contribution < -0.4 is 16.2 Å². The molecular formula is C28H28Cl2FN7O2. The molecule has 1 aliphatic rings. The third kappa shape index (κ3) is 5.74. The molecule has 40 heavy (non-hydrogen) atoms. The number of likely N-dealkylation sites (tertiary alicyclic amines) is 1. The number of halogens is 3. The zero-order valence-electron chi connectivity index (χ0n) is 21.7. The molecule has 1 amide bonds. The van der Waals surface area contributed by atoms with Crippen molar-refractivity contribution >= 4 is 34.9 Å². The Morgan fingerprint density at radius 2 is 1.93 bits per heavy atom. The van der Waals surface area contributed by atoms with Crippen LogP contribution in [0.5, 0.6) is 5.75 Å². The molecular weight excluding hydrogens is 556 g/mol. The Kier molecular flexibility index (Phi) is 8.20. The second kappa shape index (κ2) is 11.8. The first-order valence-electron chi connectivity index (χ1n) is 12.8. The maximum absolute atomic E-state index is 14.0. The van der Waals surface area contributed by atoms with E-state index in [0.29, 0.717) is 30.0 Å². The number of carbonyl (C=O) groups excluding carboxylic acids is 1. The number of nitrogens with zero attached hydrogens (tertiary/aromatic N) is 5. The van der Waals surface area contributed by atoms with Crippen LogP contribution in [-0.2, 0) is 4.79 Å². The van der Waals surface area contributed by atoms with E-state index in [2.05, 4.69) is 15.1 Å². The number of nitrogen functional groups attached to an aromatic ring is 1. The van der Waals surface area contributed by atoms with Gasteiger partial charge in [0.25, 0.3) is 0 Å². The number of pyridine rings is 2. The zero-order valence-corrected chi connectivity index (χ0v) is 23.2. The van der Waals surface area contributed by atoms with E-state index in [1.54, 1.807) is 48.7 Å². The Morgan fingerprint density at radius 3 is 2.65 bits per heavy atom. The minimum absolute atomic E-state index is 0.101. The number of ether oxygens (including phenoxy) is 1. The minimum atomic E-state index is -0.730. The fourth-order valence-corrected chi connectivity index (χ4v) is 5.49. The van der Waals surface area contributed by atoms with Gasteiger partial charge in [0.05, 0.1) is 17.3 Å². The molecule has 5 rings (SSSR count). The largest absolute Gasteiger partial charge is 0.482 e. The van der Waals surface area contributed by atoms with E-state index in [1.165, 1.54) is 12.1 Å². The lowest BCUT2D eigenvalue weighted by molar-refractivity contribution is -0.134. The number of benzene rings is 1. The number of hydrogen-bond acceptors (Lipinski definition) is 7. The molecule has 2 atom stereocenters. The average Bonchev–Trinajstić information content (AvgIpc) is 3.47. The van der Waals surface area contributed by atoms with Crippen molar-refractivity contribution in [1.29, 1.82) is 0 Å². The Labute approximate surface area is 240 Å². The van der Waals surface area contributed by atoms with Crippen molar-refractivity contribution in [3.05, 3.63) is 88.3 Å². The van der Waals surface area contributed by atoms with Crippen LogP contribution in [0.15, 0.2) is 61.3 Å². The summed E-state index contributed by atoms with van der Waals surface area (Å²) in [6, 6.07) is 7.36. The molecule has 12 heteroatoms. The number of anilines is 1. The third-order valence-corrected chi connectivity index (χ3v) is 7.78. The van der Waals surface area contributed by atoms with E-state index in [0.717, 1.165) is 24.0 Å². The number of carbonyl (C=O) groups is 1. The molecule has 208 valence electrons. The van der Waals surface area contributed by atoms with Gasteiger partial charge in [-0.25, -0.2) is 9.37 Å². The summed E-state index contributed by atoms with van der Waals surface area (Å²) in [4.78, 5) is 23.0. The lowest BCUT2D eigenvalue weighted by atomic mass is 10.0. The average molecular weight is 584 g/mol. The summed E-state index contributed by atoms with van der Waals surface area (Å²) < 4.78 is 21.9. The number of piperidine rings is 1. The molecule has 0 aliphatic carbocycles. The fourth-order valence-electron chi connectivity index (χ4n) is 4.81. The van der Waals surface area contributed by atoms with Crippen LogP contribution in [0.3, 0.4) is 0 Å². The van der Waals surface area contributed by atoms with Gasteiger partial charge in [0.15, 0.2) is 11.6 Å². The van der Waals surface area contributed by atoms with Gasteiger partial charge in [-0.3, -0.25) is 14.5 Å². The molecule has 0 spiro atoms. The quantitative estimate of drug-likeness (QED) is 0.280. The molecule has 1 fully saturated rings. The van der Waals surface area contributed by atoms with Crippen molar-refractivity contribution in [3.63, 3.8) is 0 Å². The molecule has 0 unspecified atom stereocenters. The van der Waals surface area contributed by atoms with Crippen LogP contribution in [0.4, 0.5) is 10.2 Å². The number of amides is 1. The molecule has 1 aliphatic heterocycles. The van der Waals surface area contributed by atoms with E-state index in [1.807, 2.05) is 16.9 Å². The van der Waals surface area contributed by atoms with Crippen LogP contribution >= 0.6 is 23.2 Å². The van der Waals surface area contributed by atoms with E-state index in [4.69, 9.17) is 39.4 Å². The third-order valence-electron chi connectivity index (χ3n) is 7.07. The molecule has 4 N–H and O–H groups in total. The van der Waals surface area contributed by atoms with Crippen molar-refractivity contribution in [2.24, 2.45) is 5.73 Å². The highest BCUT2D eigenvalue weighted by atomic mass is 35.5. The molecule has 4 heterocycles. The van der Waals surface area contributed by atoms with Crippen molar-refractivity contribution in [3.8, 4) is 16.9 Å². The van der Waals surface area contributed by atoms with Crippen LogP contribution in [-0.4, -0.2) is 43.6 Å². The molecule has 1 saturated heterocycles. The topological polar surface area (TPSA) is 125 Å². The molecule has 0 bridgehead atoms. The highest BCUT2D eigenvalue weighted by molar-refractivity contribution is 6.36. The number of nitrogens with two attached hydrogens (primary N) is 2. The number of hydrogen-bond donors (Lipinski definition) is 2. The Balaban J connectivity index is 1.25. The molecule has 4 aromatic rings. The van der Waals surface area contributed by atoms with Gasteiger partial charge >= 0.3 is 0 Å². The molecule has 9 nitrogen and oxygen atoms in total. The second-order valence-electron chi connectivity index (χ2n) is 9.65. The van der Waals surface area contributed by atoms with E-state index >= 15 is 0 Å². The van der Waals surface area contributed by atoms with Gasteiger partial charge in [-0.05, 0) is 49.6 Å². The highest BCUT2D eigenvalue weighted by Gasteiger charge is 2.28. The summed E-state index contributed by atoms with van der Waals surface area (Å²) in [6.07, 6.45) is 9.39. The maximum atomic E-state index is 14.0.